The highest BCUT2D eigenvalue weighted by atomic mass is 32.1. The van der Waals surface area contributed by atoms with E-state index in [2.05, 4.69) is 6.58 Å². The molecule has 0 radical (unpaired) electrons. The molecule has 1 aromatic heterocycles. The van der Waals surface area contributed by atoms with Crippen LogP contribution in [0.1, 0.15) is 15.9 Å². The molecule has 0 aliphatic rings. The minimum absolute atomic E-state index is 0.237. The molecule has 0 aromatic carbocycles. The lowest BCUT2D eigenvalue weighted by Gasteiger charge is -2.18. The summed E-state index contributed by atoms with van der Waals surface area (Å²) in [5.74, 6) is -1.29. The van der Waals surface area contributed by atoms with Crippen LogP contribution < -0.4 is 0 Å². The van der Waals surface area contributed by atoms with Crippen molar-refractivity contribution < 1.29 is 14.7 Å². The van der Waals surface area contributed by atoms with Gasteiger partial charge in [-0.25, -0.2) is 0 Å². The lowest BCUT2D eigenvalue weighted by Crippen LogP contribution is -2.35. The Balaban J connectivity index is 2.86. The topological polar surface area (TPSA) is 57.6 Å². The van der Waals surface area contributed by atoms with Gasteiger partial charge in [0.05, 0.1) is 5.56 Å². The number of amides is 1. The summed E-state index contributed by atoms with van der Waals surface area (Å²) in [6, 6.07) is 0. The average molecular weight is 239 g/mol. The molecule has 4 nitrogen and oxygen atoms in total. The smallest absolute Gasteiger partial charge is 0.323 e. The summed E-state index contributed by atoms with van der Waals surface area (Å²) in [6.45, 7) is 5.27. The van der Waals surface area contributed by atoms with Crippen LogP contribution in [0.5, 0.6) is 0 Å². The normalized spacial score (nSPS) is 9.81. The predicted octanol–water partition coefficient (Wildman–Crippen LogP) is 1.77. The first kappa shape index (κ1) is 12.4. The Kier molecular flexibility index (Phi) is 4.25. The molecule has 1 aromatic rings. The predicted molar refractivity (Wildman–Crippen MR) is 62.8 cm³/mol. The van der Waals surface area contributed by atoms with Crippen LogP contribution in [0.3, 0.4) is 0 Å². The fraction of sp³-hybridized carbons (Fsp3) is 0.273. The number of rotatable bonds is 5. The molecule has 0 fully saturated rings. The summed E-state index contributed by atoms with van der Waals surface area (Å²) in [5.41, 5.74) is 1.43. The fourth-order valence-corrected chi connectivity index (χ4v) is 2.11. The molecule has 16 heavy (non-hydrogen) atoms. The van der Waals surface area contributed by atoms with Gasteiger partial charge in [0.2, 0.25) is 0 Å². The first-order valence-electron chi connectivity index (χ1n) is 4.71. The van der Waals surface area contributed by atoms with E-state index in [0.717, 1.165) is 5.56 Å². The zero-order chi connectivity index (χ0) is 12.1. The van der Waals surface area contributed by atoms with Crippen LogP contribution >= 0.6 is 11.3 Å². The summed E-state index contributed by atoms with van der Waals surface area (Å²) >= 11 is 1.43. The van der Waals surface area contributed by atoms with E-state index in [1.54, 1.807) is 5.38 Å². The average Bonchev–Trinajstić information content (AvgIpc) is 2.62. The highest BCUT2D eigenvalue weighted by molar-refractivity contribution is 7.08. The van der Waals surface area contributed by atoms with E-state index in [1.807, 2.05) is 12.3 Å². The maximum absolute atomic E-state index is 12.0. The van der Waals surface area contributed by atoms with Crippen molar-refractivity contribution in [2.75, 3.05) is 13.1 Å². The number of thiophene rings is 1. The van der Waals surface area contributed by atoms with Crippen molar-refractivity contribution in [1.29, 1.82) is 0 Å². The van der Waals surface area contributed by atoms with Gasteiger partial charge in [0.25, 0.3) is 5.91 Å². The van der Waals surface area contributed by atoms with Crippen LogP contribution in [0, 0.1) is 6.92 Å². The number of carboxylic acids is 1. The molecule has 0 unspecified atom stereocenters. The molecule has 0 aliphatic heterocycles. The molecular weight excluding hydrogens is 226 g/mol. The Bertz CT molecular complexity index is 411. The fourth-order valence-electron chi connectivity index (χ4n) is 1.29. The van der Waals surface area contributed by atoms with Gasteiger partial charge in [-0.1, -0.05) is 6.08 Å². The number of aryl methyl sites for hydroxylation is 1. The first-order valence-corrected chi connectivity index (χ1v) is 5.65. The van der Waals surface area contributed by atoms with Crippen LogP contribution in [0.2, 0.25) is 0 Å². The standard InChI is InChI=1S/C11H13NO3S/c1-3-4-12(5-10(13)14)11(15)9-7-16-6-8(9)2/h3,6-7H,1,4-5H2,2H3,(H,13,14). The Morgan fingerprint density at radius 2 is 2.25 bits per heavy atom. The van der Waals surface area contributed by atoms with Gasteiger partial charge in [-0.15, -0.1) is 6.58 Å². The molecule has 5 heteroatoms. The molecule has 1 heterocycles. The molecule has 1 N–H and O–H groups in total. The Labute approximate surface area is 97.8 Å². The van der Waals surface area contributed by atoms with Crippen molar-refractivity contribution >= 4 is 23.2 Å². The summed E-state index contributed by atoms with van der Waals surface area (Å²) in [7, 11) is 0. The molecule has 0 saturated heterocycles. The summed E-state index contributed by atoms with van der Waals surface area (Å²) in [6.07, 6.45) is 1.52. The van der Waals surface area contributed by atoms with E-state index < -0.39 is 5.97 Å². The maximum atomic E-state index is 12.0. The van der Waals surface area contributed by atoms with Gasteiger partial charge in [-0.2, -0.15) is 11.3 Å². The van der Waals surface area contributed by atoms with Crippen molar-refractivity contribution in [1.82, 2.24) is 4.90 Å². The Hall–Kier alpha value is -1.62. The lowest BCUT2D eigenvalue weighted by atomic mass is 10.2. The number of hydrogen-bond donors (Lipinski definition) is 1. The molecule has 0 aliphatic carbocycles. The highest BCUT2D eigenvalue weighted by Gasteiger charge is 2.19. The number of carbonyl (C=O) groups excluding carboxylic acids is 1. The third kappa shape index (κ3) is 2.93. The number of aliphatic carboxylic acids is 1. The van der Waals surface area contributed by atoms with Gasteiger partial charge in [-0.3, -0.25) is 9.59 Å². The number of carboxylic acid groups (broad SMARTS) is 1. The molecule has 0 saturated carbocycles. The second-order valence-electron chi connectivity index (χ2n) is 3.34. The zero-order valence-corrected chi connectivity index (χ0v) is 9.79. The number of hydrogen-bond acceptors (Lipinski definition) is 3. The highest BCUT2D eigenvalue weighted by Crippen LogP contribution is 2.15. The molecule has 0 atom stereocenters. The van der Waals surface area contributed by atoms with E-state index in [4.69, 9.17) is 5.11 Å². The summed E-state index contributed by atoms with van der Waals surface area (Å²) in [4.78, 5) is 23.8. The van der Waals surface area contributed by atoms with Gasteiger partial charge >= 0.3 is 5.97 Å². The SMILES string of the molecule is C=CCN(CC(=O)O)C(=O)c1cscc1C. The third-order valence-electron chi connectivity index (χ3n) is 2.05. The lowest BCUT2D eigenvalue weighted by molar-refractivity contribution is -0.137. The van der Waals surface area contributed by atoms with Crippen molar-refractivity contribution in [2.45, 2.75) is 6.92 Å². The van der Waals surface area contributed by atoms with Crippen LogP contribution in [0.25, 0.3) is 0 Å². The van der Waals surface area contributed by atoms with Gasteiger partial charge in [0, 0.05) is 11.9 Å². The minimum Gasteiger partial charge on any atom is -0.480 e. The van der Waals surface area contributed by atoms with Crippen LogP contribution in [-0.4, -0.2) is 35.0 Å². The molecule has 0 spiro atoms. The molecule has 0 bridgehead atoms. The van der Waals surface area contributed by atoms with E-state index in [1.165, 1.54) is 22.3 Å². The van der Waals surface area contributed by atoms with Crippen molar-refractivity contribution in [3.8, 4) is 0 Å². The van der Waals surface area contributed by atoms with Gasteiger partial charge < -0.3 is 10.0 Å². The van der Waals surface area contributed by atoms with E-state index in [-0.39, 0.29) is 19.0 Å². The Morgan fingerprint density at radius 3 is 2.69 bits per heavy atom. The van der Waals surface area contributed by atoms with Crippen LogP contribution in [0.15, 0.2) is 23.4 Å². The second kappa shape index (κ2) is 5.46. The maximum Gasteiger partial charge on any atom is 0.323 e. The molecule has 1 amide bonds. The van der Waals surface area contributed by atoms with E-state index >= 15 is 0 Å². The van der Waals surface area contributed by atoms with Crippen molar-refractivity contribution in [3.63, 3.8) is 0 Å². The molecule has 86 valence electrons. The monoisotopic (exact) mass is 239 g/mol. The van der Waals surface area contributed by atoms with E-state index in [9.17, 15) is 9.59 Å². The zero-order valence-electron chi connectivity index (χ0n) is 8.97. The number of nitrogens with zero attached hydrogens (tertiary/aromatic N) is 1. The van der Waals surface area contributed by atoms with Gasteiger partial charge in [-0.05, 0) is 17.9 Å². The van der Waals surface area contributed by atoms with E-state index in [0.29, 0.717) is 5.56 Å². The van der Waals surface area contributed by atoms with Crippen molar-refractivity contribution in [3.05, 3.63) is 34.5 Å². The quantitative estimate of drug-likeness (QED) is 0.797. The summed E-state index contributed by atoms with van der Waals surface area (Å²) < 4.78 is 0. The first-order chi connectivity index (χ1) is 7.56. The minimum atomic E-state index is -1.02. The second-order valence-corrected chi connectivity index (χ2v) is 4.08. The van der Waals surface area contributed by atoms with Gasteiger partial charge in [0.15, 0.2) is 0 Å². The van der Waals surface area contributed by atoms with Crippen LogP contribution in [-0.2, 0) is 4.79 Å². The largest absolute Gasteiger partial charge is 0.480 e. The summed E-state index contributed by atoms with van der Waals surface area (Å²) in [5, 5.41) is 12.3. The molecule has 1 rings (SSSR count). The molecular formula is C11H13NO3S. The van der Waals surface area contributed by atoms with Crippen molar-refractivity contribution in [2.24, 2.45) is 0 Å². The number of carbonyl (C=O) groups is 2. The third-order valence-corrected chi connectivity index (χ3v) is 2.91. The van der Waals surface area contributed by atoms with Crippen LogP contribution in [0.4, 0.5) is 0 Å². The van der Waals surface area contributed by atoms with Gasteiger partial charge in [0.1, 0.15) is 6.54 Å². The Morgan fingerprint density at radius 1 is 1.56 bits per heavy atom.